The molecule has 5 heteroatoms. The molecular weight excluding hydrogens is 242 g/mol. The maximum Gasteiger partial charge on any atom is 0.139 e. The molecule has 3 nitrogen and oxygen atoms in total. The standard InChI is InChI=1S/C11H10ClN3S/c12-11-9(13-14-16-11)7-15-6-5-8-3-1-2-4-10(8)15/h1-4H,5-7H2. The van der Waals surface area contributed by atoms with E-state index in [-0.39, 0.29) is 0 Å². The fourth-order valence-corrected chi connectivity index (χ4v) is 2.65. The normalized spacial score (nSPS) is 14.2. The van der Waals surface area contributed by atoms with E-state index in [1.165, 1.54) is 22.8 Å². The summed E-state index contributed by atoms with van der Waals surface area (Å²) in [7, 11) is 0. The molecule has 2 heterocycles. The molecule has 2 aromatic rings. The molecule has 0 spiro atoms. The lowest BCUT2D eigenvalue weighted by Crippen LogP contribution is -2.20. The van der Waals surface area contributed by atoms with E-state index in [9.17, 15) is 0 Å². The van der Waals surface area contributed by atoms with E-state index in [4.69, 9.17) is 11.6 Å². The van der Waals surface area contributed by atoms with Crippen LogP contribution >= 0.6 is 23.1 Å². The van der Waals surface area contributed by atoms with Crippen LogP contribution in [0.1, 0.15) is 11.3 Å². The van der Waals surface area contributed by atoms with Crippen LogP contribution in [0.2, 0.25) is 4.34 Å². The molecule has 0 N–H and O–H groups in total. The summed E-state index contributed by atoms with van der Waals surface area (Å²) in [6.45, 7) is 1.79. The van der Waals surface area contributed by atoms with Crippen LogP contribution in [-0.4, -0.2) is 16.1 Å². The third-order valence-electron chi connectivity index (χ3n) is 2.83. The fourth-order valence-electron chi connectivity index (χ4n) is 2.04. The topological polar surface area (TPSA) is 29.0 Å². The van der Waals surface area contributed by atoms with Crippen molar-refractivity contribution in [1.82, 2.24) is 9.59 Å². The van der Waals surface area contributed by atoms with E-state index >= 15 is 0 Å². The highest BCUT2D eigenvalue weighted by Gasteiger charge is 2.20. The highest BCUT2D eigenvalue weighted by molar-refractivity contribution is 7.10. The molecule has 0 bridgehead atoms. The minimum absolute atomic E-state index is 0.699. The number of anilines is 1. The molecule has 82 valence electrons. The largest absolute Gasteiger partial charge is 0.365 e. The van der Waals surface area contributed by atoms with Gasteiger partial charge in [-0.2, -0.15) is 0 Å². The summed E-state index contributed by atoms with van der Waals surface area (Å²) in [6.07, 6.45) is 1.10. The molecule has 0 atom stereocenters. The van der Waals surface area contributed by atoms with Crippen molar-refractivity contribution in [2.75, 3.05) is 11.4 Å². The maximum absolute atomic E-state index is 6.01. The smallest absolute Gasteiger partial charge is 0.139 e. The lowest BCUT2D eigenvalue weighted by atomic mass is 10.2. The zero-order valence-corrected chi connectivity index (χ0v) is 10.1. The molecule has 0 unspecified atom stereocenters. The molecule has 0 radical (unpaired) electrons. The highest BCUT2D eigenvalue weighted by atomic mass is 35.5. The number of fused-ring (bicyclic) bond motifs is 1. The summed E-state index contributed by atoms with van der Waals surface area (Å²) < 4.78 is 4.55. The van der Waals surface area contributed by atoms with Gasteiger partial charge in [0.2, 0.25) is 0 Å². The van der Waals surface area contributed by atoms with Crippen LogP contribution in [0.25, 0.3) is 0 Å². The van der Waals surface area contributed by atoms with Crippen molar-refractivity contribution in [3.8, 4) is 0 Å². The Bertz CT molecular complexity index is 511. The molecule has 1 aromatic carbocycles. The van der Waals surface area contributed by atoms with Crippen LogP contribution in [0.15, 0.2) is 24.3 Å². The monoisotopic (exact) mass is 251 g/mol. The molecule has 0 saturated carbocycles. The van der Waals surface area contributed by atoms with E-state index < -0.39 is 0 Å². The predicted octanol–water partition coefficient (Wildman–Crippen LogP) is 2.75. The van der Waals surface area contributed by atoms with Crippen LogP contribution in [0.3, 0.4) is 0 Å². The van der Waals surface area contributed by atoms with Gasteiger partial charge < -0.3 is 4.90 Å². The Morgan fingerprint density at radius 3 is 3.06 bits per heavy atom. The van der Waals surface area contributed by atoms with Crippen molar-refractivity contribution < 1.29 is 0 Å². The zero-order chi connectivity index (χ0) is 11.0. The summed E-state index contributed by atoms with van der Waals surface area (Å²) >= 11 is 7.26. The number of rotatable bonds is 2. The fraction of sp³-hybridized carbons (Fsp3) is 0.273. The number of nitrogens with zero attached hydrogens (tertiary/aromatic N) is 3. The van der Waals surface area contributed by atoms with Crippen molar-refractivity contribution in [3.63, 3.8) is 0 Å². The van der Waals surface area contributed by atoms with Crippen LogP contribution in [0, 0.1) is 0 Å². The molecule has 1 aromatic heterocycles. The van der Waals surface area contributed by atoms with Crippen molar-refractivity contribution in [2.24, 2.45) is 0 Å². The number of para-hydroxylation sites is 1. The first kappa shape index (κ1) is 10.1. The summed E-state index contributed by atoms with van der Waals surface area (Å²) in [5.41, 5.74) is 3.58. The van der Waals surface area contributed by atoms with Gasteiger partial charge in [-0.3, -0.25) is 0 Å². The van der Waals surface area contributed by atoms with Crippen molar-refractivity contribution >= 4 is 28.8 Å². The Balaban J connectivity index is 1.86. The Morgan fingerprint density at radius 1 is 1.38 bits per heavy atom. The highest BCUT2D eigenvalue weighted by Crippen LogP contribution is 2.30. The van der Waals surface area contributed by atoms with Crippen LogP contribution in [0.5, 0.6) is 0 Å². The third kappa shape index (κ3) is 1.68. The molecule has 1 aliphatic rings. The number of hydrogen-bond donors (Lipinski definition) is 0. The van der Waals surface area contributed by atoms with Gasteiger partial charge in [0.15, 0.2) is 0 Å². The summed E-state index contributed by atoms with van der Waals surface area (Å²) in [5, 5.41) is 4.05. The lowest BCUT2D eigenvalue weighted by molar-refractivity contribution is 0.809. The Morgan fingerprint density at radius 2 is 2.25 bits per heavy atom. The average molecular weight is 252 g/mol. The van der Waals surface area contributed by atoms with Gasteiger partial charge in [-0.1, -0.05) is 34.3 Å². The van der Waals surface area contributed by atoms with Gasteiger partial charge in [-0.15, -0.1) is 5.10 Å². The van der Waals surface area contributed by atoms with Crippen molar-refractivity contribution in [2.45, 2.75) is 13.0 Å². The summed E-state index contributed by atoms with van der Waals surface area (Å²) in [4.78, 5) is 2.30. The Hall–Kier alpha value is -1.13. The SMILES string of the molecule is Clc1snnc1CN1CCc2ccccc21. The van der Waals surface area contributed by atoms with Crippen LogP contribution in [-0.2, 0) is 13.0 Å². The van der Waals surface area contributed by atoms with E-state index in [1.807, 2.05) is 0 Å². The van der Waals surface area contributed by atoms with Crippen molar-refractivity contribution in [3.05, 3.63) is 39.9 Å². The van der Waals surface area contributed by atoms with Crippen molar-refractivity contribution in [1.29, 1.82) is 0 Å². The summed E-state index contributed by atoms with van der Waals surface area (Å²) in [6, 6.07) is 8.48. The van der Waals surface area contributed by atoms with E-state index in [2.05, 4.69) is 38.8 Å². The van der Waals surface area contributed by atoms with E-state index in [1.54, 1.807) is 0 Å². The van der Waals surface area contributed by atoms with Gasteiger partial charge >= 0.3 is 0 Å². The third-order valence-corrected chi connectivity index (χ3v) is 3.82. The van der Waals surface area contributed by atoms with Gasteiger partial charge in [0, 0.05) is 23.8 Å². The maximum atomic E-state index is 6.01. The number of aromatic nitrogens is 2. The van der Waals surface area contributed by atoms with Gasteiger partial charge in [-0.05, 0) is 18.1 Å². The quantitative estimate of drug-likeness (QED) is 0.822. The van der Waals surface area contributed by atoms with E-state index in [0.29, 0.717) is 4.34 Å². The molecule has 0 amide bonds. The molecule has 0 saturated heterocycles. The number of halogens is 1. The minimum Gasteiger partial charge on any atom is -0.365 e. The second-order valence-electron chi connectivity index (χ2n) is 3.79. The zero-order valence-electron chi connectivity index (χ0n) is 8.56. The molecule has 1 aliphatic heterocycles. The minimum atomic E-state index is 0.699. The number of hydrogen-bond acceptors (Lipinski definition) is 4. The van der Waals surface area contributed by atoms with Gasteiger partial charge in [0.05, 0.1) is 6.54 Å². The number of benzene rings is 1. The Labute approximate surface area is 103 Å². The average Bonchev–Trinajstić information content (AvgIpc) is 2.88. The summed E-state index contributed by atoms with van der Waals surface area (Å²) in [5.74, 6) is 0. The first-order chi connectivity index (χ1) is 7.84. The van der Waals surface area contributed by atoms with E-state index in [0.717, 1.165) is 25.2 Å². The second-order valence-corrected chi connectivity index (χ2v) is 5.15. The van der Waals surface area contributed by atoms with Crippen LogP contribution in [0.4, 0.5) is 5.69 Å². The lowest BCUT2D eigenvalue weighted by Gasteiger charge is -2.17. The first-order valence-electron chi connectivity index (χ1n) is 5.14. The first-order valence-corrected chi connectivity index (χ1v) is 6.29. The molecular formula is C11H10ClN3S. The van der Waals surface area contributed by atoms with Crippen LogP contribution < -0.4 is 4.90 Å². The predicted molar refractivity (Wildman–Crippen MR) is 66.1 cm³/mol. The van der Waals surface area contributed by atoms with Gasteiger partial charge in [0.25, 0.3) is 0 Å². The Kier molecular flexibility index (Phi) is 2.53. The molecule has 0 aliphatic carbocycles. The molecule has 16 heavy (non-hydrogen) atoms. The molecule has 0 fully saturated rings. The van der Waals surface area contributed by atoms with Gasteiger partial charge in [0.1, 0.15) is 10.0 Å². The van der Waals surface area contributed by atoms with Gasteiger partial charge in [-0.25, -0.2) is 0 Å². The molecule has 3 rings (SSSR count). The second kappa shape index (κ2) is 4.03.